The fourth-order valence-electron chi connectivity index (χ4n) is 0.828. The normalized spacial score (nSPS) is 8.00. The molecule has 1 rings (SSSR count). The number of benzene rings is 1. The summed E-state index contributed by atoms with van der Waals surface area (Å²) in [5.74, 6) is 0. The Balaban J connectivity index is 0. The molecule has 0 aliphatic heterocycles. The number of carbonyl (C=O) groups excluding carboxylic acids is 1. The molecule has 7 heteroatoms. The summed E-state index contributed by atoms with van der Waals surface area (Å²) in [7, 11) is 0. The summed E-state index contributed by atoms with van der Waals surface area (Å²) >= 11 is 0. The first-order valence-corrected chi connectivity index (χ1v) is 3.31. The van der Waals surface area contributed by atoms with E-state index in [2.05, 4.69) is 5.32 Å². The lowest BCUT2D eigenvalue weighted by Crippen LogP contribution is -2.20. The summed E-state index contributed by atoms with van der Waals surface area (Å²) in [5, 5.41) is 2.36. The predicted octanol–water partition coefficient (Wildman–Crippen LogP) is 1.19. The molecule has 7 N–H and O–H groups in total. The molecule has 0 bridgehead atoms. The quantitative estimate of drug-likeness (QED) is 0.552. The number of anilines is 3. The van der Waals surface area contributed by atoms with Gasteiger partial charge in [0.1, 0.15) is 0 Å². The van der Waals surface area contributed by atoms with Gasteiger partial charge in [0.15, 0.2) is 0 Å². The number of primary amides is 1. The van der Waals surface area contributed by atoms with E-state index in [1.54, 1.807) is 18.2 Å². The molecule has 0 spiro atoms. The van der Waals surface area contributed by atoms with Crippen molar-refractivity contribution in [3.8, 4) is 0 Å². The number of nitrogens with two attached hydrogens (primary N) is 3. The third kappa shape index (κ3) is 4.06. The van der Waals surface area contributed by atoms with Crippen LogP contribution in [0.4, 0.5) is 21.9 Å². The number of nitrogen functional groups attached to an aromatic ring is 2. The first-order valence-electron chi connectivity index (χ1n) is 3.31. The highest BCUT2D eigenvalue weighted by molar-refractivity contribution is 5.91. The van der Waals surface area contributed by atoms with Crippen LogP contribution in [0.1, 0.15) is 0 Å². The number of amides is 2. The maximum absolute atomic E-state index is 10.4. The molecular formula is C7H12Cl2N4O. The molecule has 0 unspecified atom stereocenters. The van der Waals surface area contributed by atoms with E-state index < -0.39 is 6.03 Å². The molecule has 1 aromatic rings. The van der Waals surface area contributed by atoms with E-state index in [0.29, 0.717) is 17.1 Å². The van der Waals surface area contributed by atoms with Crippen molar-refractivity contribution in [1.29, 1.82) is 0 Å². The molecular weight excluding hydrogens is 227 g/mol. The van der Waals surface area contributed by atoms with Crippen LogP contribution in [0.5, 0.6) is 0 Å². The maximum atomic E-state index is 10.4. The molecule has 0 fully saturated rings. The summed E-state index contributed by atoms with van der Waals surface area (Å²) in [6.45, 7) is 0. The number of hydrogen-bond donors (Lipinski definition) is 4. The lowest BCUT2D eigenvalue weighted by molar-refractivity contribution is 0.259. The fraction of sp³-hybridized carbons (Fsp3) is 0. The van der Waals surface area contributed by atoms with Crippen molar-refractivity contribution < 1.29 is 4.79 Å². The van der Waals surface area contributed by atoms with Gasteiger partial charge in [0.05, 0.1) is 11.4 Å². The first-order chi connectivity index (χ1) is 5.59. The molecule has 5 nitrogen and oxygen atoms in total. The number of rotatable bonds is 1. The van der Waals surface area contributed by atoms with Crippen molar-refractivity contribution in [3.63, 3.8) is 0 Å². The minimum atomic E-state index is -0.647. The van der Waals surface area contributed by atoms with Gasteiger partial charge in [-0.3, -0.25) is 0 Å². The van der Waals surface area contributed by atoms with Crippen molar-refractivity contribution in [2.24, 2.45) is 5.73 Å². The molecule has 0 saturated carbocycles. The van der Waals surface area contributed by atoms with Crippen molar-refractivity contribution in [1.82, 2.24) is 0 Å². The first kappa shape index (κ1) is 15.2. The summed E-state index contributed by atoms with van der Waals surface area (Å²) < 4.78 is 0. The molecule has 14 heavy (non-hydrogen) atoms. The zero-order chi connectivity index (χ0) is 9.14. The van der Waals surface area contributed by atoms with Gasteiger partial charge in [-0.2, -0.15) is 0 Å². The Kier molecular flexibility index (Phi) is 6.68. The average molecular weight is 239 g/mol. The lowest BCUT2D eigenvalue weighted by atomic mass is 10.2. The Labute approximate surface area is 93.8 Å². The van der Waals surface area contributed by atoms with Gasteiger partial charge in [-0.1, -0.05) is 0 Å². The van der Waals surface area contributed by atoms with E-state index >= 15 is 0 Å². The van der Waals surface area contributed by atoms with Gasteiger partial charge in [0.2, 0.25) is 0 Å². The molecule has 0 atom stereocenters. The monoisotopic (exact) mass is 238 g/mol. The smallest absolute Gasteiger partial charge is 0.316 e. The molecule has 1 aromatic carbocycles. The highest BCUT2D eigenvalue weighted by atomic mass is 35.5. The minimum absolute atomic E-state index is 0. The Morgan fingerprint density at radius 1 is 1.21 bits per heavy atom. The van der Waals surface area contributed by atoms with Gasteiger partial charge < -0.3 is 22.5 Å². The highest BCUT2D eigenvalue weighted by Gasteiger charge is 2.00. The number of carbonyl (C=O) groups is 1. The molecule has 0 heterocycles. The second-order valence-corrected chi connectivity index (χ2v) is 2.34. The van der Waals surface area contributed by atoms with Gasteiger partial charge >= 0.3 is 6.03 Å². The van der Waals surface area contributed by atoms with Gasteiger partial charge in [0.25, 0.3) is 0 Å². The largest absolute Gasteiger partial charge is 0.399 e. The van der Waals surface area contributed by atoms with Crippen molar-refractivity contribution in [3.05, 3.63) is 18.2 Å². The molecule has 0 saturated heterocycles. The fourth-order valence-corrected chi connectivity index (χ4v) is 0.828. The van der Waals surface area contributed by atoms with Crippen LogP contribution in [0.15, 0.2) is 18.2 Å². The molecule has 80 valence electrons. The lowest BCUT2D eigenvalue weighted by Gasteiger charge is -2.05. The third-order valence-electron chi connectivity index (χ3n) is 1.33. The standard InChI is InChI=1S/C7H10N4O.2ClH/c8-4-1-2-6(5(9)3-4)11-7(10)12;;/h1-3H,8-9H2,(H3,10,11,12);2*1H. The van der Waals surface area contributed by atoms with Crippen LogP contribution >= 0.6 is 24.8 Å². The SMILES string of the molecule is Cl.Cl.NC(=O)Nc1ccc(N)cc1N. The summed E-state index contributed by atoms with van der Waals surface area (Å²) in [6, 6.07) is 4.12. The predicted molar refractivity (Wildman–Crippen MR) is 63.0 cm³/mol. The van der Waals surface area contributed by atoms with Gasteiger partial charge in [-0.15, -0.1) is 24.8 Å². The van der Waals surface area contributed by atoms with Gasteiger partial charge in [-0.25, -0.2) is 4.79 Å². The number of halogens is 2. The van der Waals surface area contributed by atoms with E-state index in [9.17, 15) is 4.79 Å². The molecule has 2 amide bonds. The number of urea groups is 1. The summed E-state index contributed by atoms with van der Waals surface area (Å²) in [6.07, 6.45) is 0. The Hall–Kier alpha value is -1.33. The zero-order valence-electron chi connectivity index (χ0n) is 7.19. The van der Waals surface area contributed by atoms with Crippen molar-refractivity contribution in [2.45, 2.75) is 0 Å². The van der Waals surface area contributed by atoms with Gasteiger partial charge in [-0.05, 0) is 18.2 Å². The van der Waals surface area contributed by atoms with E-state index in [1.165, 1.54) is 0 Å². The topological polar surface area (TPSA) is 107 Å². The second-order valence-electron chi connectivity index (χ2n) is 2.34. The highest BCUT2D eigenvalue weighted by Crippen LogP contribution is 2.20. The maximum Gasteiger partial charge on any atom is 0.316 e. The minimum Gasteiger partial charge on any atom is -0.399 e. The van der Waals surface area contributed by atoms with E-state index in [-0.39, 0.29) is 24.8 Å². The summed E-state index contributed by atoms with van der Waals surface area (Å²) in [4.78, 5) is 10.4. The van der Waals surface area contributed by atoms with Gasteiger partial charge in [0, 0.05) is 5.69 Å². The van der Waals surface area contributed by atoms with Crippen LogP contribution in [0.3, 0.4) is 0 Å². The van der Waals surface area contributed by atoms with Crippen LogP contribution in [0.25, 0.3) is 0 Å². The van der Waals surface area contributed by atoms with Crippen LogP contribution in [0.2, 0.25) is 0 Å². The molecule has 0 aromatic heterocycles. The van der Waals surface area contributed by atoms with Crippen LogP contribution in [-0.4, -0.2) is 6.03 Å². The molecule has 0 aliphatic rings. The Morgan fingerprint density at radius 2 is 1.79 bits per heavy atom. The third-order valence-corrected chi connectivity index (χ3v) is 1.33. The molecule has 0 radical (unpaired) electrons. The molecule has 0 aliphatic carbocycles. The summed E-state index contributed by atoms with van der Waals surface area (Å²) in [5.41, 5.74) is 17.3. The zero-order valence-corrected chi connectivity index (χ0v) is 8.82. The van der Waals surface area contributed by atoms with Crippen LogP contribution in [0, 0.1) is 0 Å². The number of nitrogens with one attached hydrogen (secondary N) is 1. The second kappa shape index (κ2) is 6.17. The van der Waals surface area contributed by atoms with E-state index in [1.807, 2.05) is 0 Å². The Morgan fingerprint density at radius 3 is 2.21 bits per heavy atom. The van der Waals surface area contributed by atoms with E-state index in [0.717, 1.165) is 0 Å². The van der Waals surface area contributed by atoms with Crippen LogP contribution in [-0.2, 0) is 0 Å². The van der Waals surface area contributed by atoms with E-state index in [4.69, 9.17) is 17.2 Å². The van der Waals surface area contributed by atoms with Crippen LogP contribution < -0.4 is 22.5 Å². The average Bonchev–Trinajstić information content (AvgIpc) is 1.94. The number of hydrogen-bond acceptors (Lipinski definition) is 3. The Bertz CT molecular complexity index is 319. The van der Waals surface area contributed by atoms with Crippen molar-refractivity contribution >= 4 is 47.9 Å². The van der Waals surface area contributed by atoms with Crippen molar-refractivity contribution in [2.75, 3.05) is 16.8 Å².